The summed E-state index contributed by atoms with van der Waals surface area (Å²) in [6.07, 6.45) is 0.526. The second-order valence-electron chi connectivity index (χ2n) is 4.65. The summed E-state index contributed by atoms with van der Waals surface area (Å²) in [5.74, 6) is 0.839. The van der Waals surface area contributed by atoms with Gasteiger partial charge in [-0.1, -0.05) is 34.8 Å². The fraction of sp³-hybridized carbons (Fsp3) is 0.286. The largest absolute Gasteiger partial charge is 0.493 e. The first-order valence-electron chi connectivity index (χ1n) is 6.11. The molecule has 20 heavy (non-hydrogen) atoms. The van der Waals surface area contributed by atoms with Crippen molar-refractivity contribution < 1.29 is 9.84 Å². The predicted octanol–water partition coefficient (Wildman–Crippen LogP) is 4.92. The maximum Gasteiger partial charge on any atom is 0.126 e. The minimum Gasteiger partial charge on any atom is -0.493 e. The molecule has 106 valence electrons. The van der Waals surface area contributed by atoms with Gasteiger partial charge in [-0.05, 0) is 29.3 Å². The SMILES string of the molecule is OC(Cc1cc(Cl)cc2c1OCC2)c1cc(Cl)sc1Cl. The van der Waals surface area contributed by atoms with Crippen LogP contribution >= 0.6 is 46.1 Å². The lowest BCUT2D eigenvalue weighted by Gasteiger charge is -2.13. The summed E-state index contributed by atoms with van der Waals surface area (Å²) in [5, 5.41) is 11.0. The summed E-state index contributed by atoms with van der Waals surface area (Å²) in [4.78, 5) is 0. The minimum atomic E-state index is -0.724. The van der Waals surface area contributed by atoms with Crippen LogP contribution in [-0.2, 0) is 12.8 Å². The molecule has 1 aromatic heterocycles. The first kappa shape index (κ1) is 14.5. The van der Waals surface area contributed by atoms with Gasteiger partial charge in [0.05, 0.1) is 17.0 Å². The number of benzene rings is 1. The number of hydrogen-bond donors (Lipinski definition) is 1. The van der Waals surface area contributed by atoms with Crippen LogP contribution in [0.15, 0.2) is 18.2 Å². The van der Waals surface area contributed by atoms with Crippen molar-refractivity contribution in [1.82, 2.24) is 0 Å². The summed E-state index contributed by atoms with van der Waals surface area (Å²) in [6.45, 7) is 0.657. The van der Waals surface area contributed by atoms with E-state index in [1.807, 2.05) is 12.1 Å². The smallest absolute Gasteiger partial charge is 0.126 e. The summed E-state index contributed by atoms with van der Waals surface area (Å²) < 4.78 is 6.71. The highest BCUT2D eigenvalue weighted by Gasteiger charge is 2.22. The third kappa shape index (κ3) is 2.78. The molecule has 0 aliphatic carbocycles. The lowest BCUT2D eigenvalue weighted by molar-refractivity contribution is 0.177. The zero-order chi connectivity index (χ0) is 14.3. The summed E-state index contributed by atoms with van der Waals surface area (Å²) >= 11 is 19.3. The first-order valence-corrected chi connectivity index (χ1v) is 8.06. The number of thiophene rings is 1. The fourth-order valence-corrected chi connectivity index (χ4v) is 4.23. The lowest BCUT2D eigenvalue weighted by Crippen LogP contribution is -2.03. The Bertz CT molecular complexity index is 654. The molecule has 0 saturated heterocycles. The summed E-state index contributed by atoms with van der Waals surface area (Å²) in [7, 11) is 0. The highest BCUT2D eigenvalue weighted by atomic mass is 35.5. The van der Waals surface area contributed by atoms with Crippen molar-refractivity contribution in [3.05, 3.63) is 48.6 Å². The van der Waals surface area contributed by atoms with E-state index >= 15 is 0 Å². The minimum absolute atomic E-state index is 0.398. The van der Waals surface area contributed by atoms with E-state index in [2.05, 4.69) is 0 Å². The highest BCUT2D eigenvalue weighted by Crippen LogP contribution is 2.39. The van der Waals surface area contributed by atoms with Crippen LogP contribution < -0.4 is 4.74 Å². The maximum atomic E-state index is 10.4. The Morgan fingerprint density at radius 3 is 2.75 bits per heavy atom. The van der Waals surface area contributed by atoms with Crippen molar-refractivity contribution in [3.63, 3.8) is 0 Å². The standard InChI is InChI=1S/C14H11Cl3O2S/c15-9-3-7-1-2-19-13(7)8(4-9)5-11(18)10-6-12(16)20-14(10)17/h3-4,6,11,18H,1-2,5H2. The van der Waals surface area contributed by atoms with Gasteiger partial charge < -0.3 is 9.84 Å². The number of aliphatic hydroxyl groups is 1. The third-order valence-corrected chi connectivity index (χ3v) is 5.02. The Labute approximate surface area is 135 Å². The van der Waals surface area contributed by atoms with E-state index in [-0.39, 0.29) is 0 Å². The average Bonchev–Trinajstić information content (AvgIpc) is 2.95. The van der Waals surface area contributed by atoms with Crippen LogP contribution in [0.25, 0.3) is 0 Å². The zero-order valence-corrected chi connectivity index (χ0v) is 13.4. The normalized spacial score (nSPS) is 15.0. The van der Waals surface area contributed by atoms with Crippen molar-refractivity contribution in [3.8, 4) is 5.75 Å². The topological polar surface area (TPSA) is 29.5 Å². The van der Waals surface area contributed by atoms with Gasteiger partial charge in [0, 0.05) is 23.4 Å². The van der Waals surface area contributed by atoms with Crippen molar-refractivity contribution in [2.24, 2.45) is 0 Å². The molecule has 0 saturated carbocycles. The van der Waals surface area contributed by atoms with E-state index in [9.17, 15) is 5.11 Å². The Morgan fingerprint density at radius 1 is 1.25 bits per heavy atom. The Hall–Kier alpha value is -0.450. The van der Waals surface area contributed by atoms with Crippen LogP contribution in [0.3, 0.4) is 0 Å². The molecule has 3 rings (SSSR count). The number of fused-ring (bicyclic) bond motifs is 1. The number of ether oxygens (including phenoxy) is 1. The van der Waals surface area contributed by atoms with E-state index in [0.717, 1.165) is 23.3 Å². The summed E-state index contributed by atoms with van der Waals surface area (Å²) in [6, 6.07) is 5.44. The first-order chi connectivity index (χ1) is 9.54. The van der Waals surface area contributed by atoms with Gasteiger partial charge in [-0.3, -0.25) is 0 Å². The number of aliphatic hydroxyl groups excluding tert-OH is 1. The van der Waals surface area contributed by atoms with Gasteiger partial charge in [0.15, 0.2) is 0 Å². The van der Waals surface area contributed by atoms with Crippen LogP contribution in [0.2, 0.25) is 13.7 Å². The van der Waals surface area contributed by atoms with Gasteiger partial charge in [-0.25, -0.2) is 0 Å². The average molecular weight is 350 g/mol. The molecule has 6 heteroatoms. The molecule has 0 spiro atoms. The molecule has 2 heterocycles. The van der Waals surface area contributed by atoms with Gasteiger partial charge in [-0.15, -0.1) is 11.3 Å². The zero-order valence-electron chi connectivity index (χ0n) is 10.3. The molecule has 2 aromatic rings. The molecule has 0 bridgehead atoms. The van der Waals surface area contributed by atoms with E-state index in [1.54, 1.807) is 6.07 Å². The van der Waals surface area contributed by atoms with Gasteiger partial charge in [-0.2, -0.15) is 0 Å². The Kier molecular flexibility index (Phi) is 4.16. The third-order valence-electron chi connectivity index (χ3n) is 3.28. The maximum absolute atomic E-state index is 10.4. The van der Waals surface area contributed by atoms with Gasteiger partial charge in [0.2, 0.25) is 0 Å². The van der Waals surface area contributed by atoms with E-state index in [0.29, 0.717) is 32.3 Å². The van der Waals surface area contributed by atoms with Crippen molar-refractivity contribution in [2.45, 2.75) is 18.9 Å². The summed E-state index contributed by atoms with van der Waals surface area (Å²) in [5.41, 5.74) is 2.64. The number of hydrogen-bond acceptors (Lipinski definition) is 3. The molecule has 0 fully saturated rings. The number of rotatable bonds is 3. The van der Waals surface area contributed by atoms with Crippen molar-refractivity contribution >= 4 is 46.1 Å². The van der Waals surface area contributed by atoms with Gasteiger partial charge in [0.1, 0.15) is 10.1 Å². The second-order valence-corrected chi connectivity index (χ2v) is 7.37. The monoisotopic (exact) mass is 348 g/mol. The van der Waals surface area contributed by atoms with Gasteiger partial charge in [0.25, 0.3) is 0 Å². The molecule has 1 N–H and O–H groups in total. The molecule has 0 amide bonds. The molecule has 1 aliphatic heterocycles. The molecular formula is C14H11Cl3O2S. The van der Waals surface area contributed by atoms with Gasteiger partial charge >= 0.3 is 0 Å². The molecule has 1 aliphatic rings. The van der Waals surface area contributed by atoms with Crippen LogP contribution in [0.1, 0.15) is 22.8 Å². The van der Waals surface area contributed by atoms with Crippen LogP contribution in [0.5, 0.6) is 5.75 Å². The lowest BCUT2D eigenvalue weighted by atomic mass is 10.0. The van der Waals surface area contributed by atoms with Crippen LogP contribution in [0.4, 0.5) is 0 Å². The molecule has 1 aromatic carbocycles. The molecule has 1 unspecified atom stereocenters. The Balaban J connectivity index is 1.90. The predicted molar refractivity (Wildman–Crippen MR) is 83.7 cm³/mol. The quantitative estimate of drug-likeness (QED) is 0.852. The highest BCUT2D eigenvalue weighted by molar-refractivity contribution is 7.20. The van der Waals surface area contributed by atoms with Crippen LogP contribution in [-0.4, -0.2) is 11.7 Å². The van der Waals surface area contributed by atoms with Crippen LogP contribution in [0, 0.1) is 0 Å². The molecule has 2 nitrogen and oxygen atoms in total. The molecular weight excluding hydrogens is 339 g/mol. The van der Waals surface area contributed by atoms with Crippen molar-refractivity contribution in [2.75, 3.05) is 6.61 Å². The molecule has 0 radical (unpaired) electrons. The van der Waals surface area contributed by atoms with Crippen molar-refractivity contribution in [1.29, 1.82) is 0 Å². The number of halogens is 3. The fourth-order valence-electron chi connectivity index (χ4n) is 2.40. The Morgan fingerprint density at radius 2 is 2.05 bits per heavy atom. The van der Waals surface area contributed by atoms with E-state index < -0.39 is 6.10 Å². The molecule has 1 atom stereocenters. The second kappa shape index (κ2) is 5.74. The van der Waals surface area contributed by atoms with E-state index in [4.69, 9.17) is 39.5 Å². The van der Waals surface area contributed by atoms with E-state index in [1.165, 1.54) is 11.3 Å².